The van der Waals surface area contributed by atoms with Crippen molar-refractivity contribution in [3.63, 3.8) is 0 Å². The van der Waals surface area contributed by atoms with E-state index in [2.05, 4.69) is 15.6 Å². The highest BCUT2D eigenvalue weighted by atomic mass is 35.5. The summed E-state index contributed by atoms with van der Waals surface area (Å²) in [6.07, 6.45) is 0. The molecule has 172 valence electrons. The molecule has 0 radical (unpaired) electrons. The zero-order chi connectivity index (χ0) is 22.8. The van der Waals surface area contributed by atoms with E-state index in [0.29, 0.717) is 27.9 Å². The molecule has 2 aromatic carbocycles. The standard InChI is InChI=1S/C23H21ClFN5O2.ClH/c1-14(26-2)22(31)28-21-11-10-19-18(27-21)13-29(20-12-15(24)8-9-17(20)25)23(32)30(19)16-6-4-3-5-7-16;/h3-12,14,26H,13H2,1-2H3,(H,27,28,31);1H/t14-;/m0./s1. The minimum absolute atomic E-state index is 0. The third-order valence-corrected chi connectivity index (χ3v) is 5.45. The first-order chi connectivity index (χ1) is 15.4. The molecule has 10 heteroatoms. The molecule has 0 bridgehead atoms. The number of halogens is 3. The van der Waals surface area contributed by atoms with Gasteiger partial charge in [0.2, 0.25) is 5.91 Å². The lowest BCUT2D eigenvalue weighted by molar-refractivity contribution is -0.117. The molecule has 1 aliphatic heterocycles. The van der Waals surface area contributed by atoms with Gasteiger partial charge in [-0.15, -0.1) is 12.4 Å². The second kappa shape index (κ2) is 10.2. The molecule has 2 heterocycles. The van der Waals surface area contributed by atoms with Gasteiger partial charge in [-0.1, -0.05) is 29.8 Å². The smallest absolute Gasteiger partial charge is 0.309 e. The van der Waals surface area contributed by atoms with Crippen LogP contribution in [-0.2, 0) is 11.3 Å². The van der Waals surface area contributed by atoms with E-state index < -0.39 is 17.9 Å². The zero-order valence-corrected chi connectivity index (χ0v) is 19.5. The molecule has 1 aromatic heterocycles. The van der Waals surface area contributed by atoms with Gasteiger partial charge in [0.05, 0.1) is 35.3 Å². The molecule has 33 heavy (non-hydrogen) atoms. The van der Waals surface area contributed by atoms with Crippen LogP contribution in [0.4, 0.5) is 32.1 Å². The number of para-hydroxylation sites is 1. The first-order valence-electron chi connectivity index (χ1n) is 9.99. The van der Waals surface area contributed by atoms with Crippen molar-refractivity contribution < 1.29 is 14.0 Å². The molecule has 0 spiro atoms. The predicted octanol–water partition coefficient (Wildman–Crippen LogP) is 5.12. The van der Waals surface area contributed by atoms with Crippen LogP contribution in [0.3, 0.4) is 0 Å². The van der Waals surface area contributed by atoms with Crippen molar-refractivity contribution in [2.45, 2.75) is 19.5 Å². The number of amides is 3. The van der Waals surface area contributed by atoms with E-state index >= 15 is 0 Å². The molecule has 0 fully saturated rings. The first-order valence-corrected chi connectivity index (χ1v) is 10.4. The van der Waals surface area contributed by atoms with E-state index in [1.165, 1.54) is 28.0 Å². The molecule has 0 unspecified atom stereocenters. The molecule has 2 N–H and O–H groups in total. The van der Waals surface area contributed by atoms with Crippen molar-refractivity contribution in [1.29, 1.82) is 0 Å². The molecule has 1 atom stereocenters. The molecule has 0 saturated carbocycles. The van der Waals surface area contributed by atoms with Crippen molar-refractivity contribution in [2.24, 2.45) is 0 Å². The van der Waals surface area contributed by atoms with Crippen molar-refractivity contribution in [3.8, 4) is 0 Å². The number of carbonyl (C=O) groups excluding carboxylic acids is 2. The molecule has 3 amide bonds. The average Bonchev–Trinajstić information content (AvgIpc) is 2.80. The normalized spacial score (nSPS) is 13.8. The van der Waals surface area contributed by atoms with Gasteiger partial charge < -0.3 is 10.6 Å². The number of nitrogens with one attached hydrogen (secondary N) is 2. The number of likely N-dealkylation sites (N-methyl/N-ethyl adjacent to an activating group) is 1. The Kier molecular flexibility index (Phi) is 7.53. The number of pyridine rings is 1. The second-order valence-electron chi connectivity index (χ2n) is 7.30. The third kappa shape index (κ3) is 4.93. The Balaban J connectivity index is 0.00000306. The van der Waals surface area contributed by atoms with Gasteiger partial charge in [-0.3, -0.25) is 14.6 Å². The highest BCUT2D eigenvalue weighted by molar-refractivity contribution is 6.31. The zero-order valence-electron chi connectivity index (χ0n) is 17.9. The van der Waals surface area contributed by atoms with E-state index in [1.54, 1.807) is 38.2 Å². The summed E-state index contributed by atoms with van der Waals surface area (Å²) in [6, 6.07) is 15.6. The molecule has 1 aliphatic rings. The van der Waals surface area contributed by atoms with E-state index in [9.17, 15) is 14.0 Å². The van der Waals surface area contributed by atoms with Gasteiger partial charge >= 0.3 is 6.03 Å². The minimum atomic E-state index is -0.577. The summed E-state index contributed by atoms with van der Waals surface area (Å²) in [5, 5.41) is 5.93. The van der Waals surface area contributed by atoms with E-state index in [1.807, 2.05) is 18.2 Å². The maximum Gasteiger partial charge on any atom is 0.334 e. The van der Waals surface area contributed by atoms with Gasteiger partial charge in [0.1, 0.15) is 11.6 Å². The van der Waals surface area contributed by atoms with Gasteiger partial charge in [-0.05, 0) is 56.4 Å². The Morgan fingerprint density at radius 1 is 1.12 bits per heavy atom. The Hall–Kier alpha value is -3.20. The van der Waals surface area contributed by atoms with Crippen molar-refractivity contribution in [2.75, 3.05) is 22.2 Å². The first kappa shape index (κ1) is 24.4. The number of urea groups is 1. The topological polar surface area (TPSA) is 77.6 Å². The predicted molar refractivity (Wildman–Crippen MR) is 130 cm³/mol. The van der Waals surface area contributed by atoms with Gasteiger partial charge in [-0.2, -0.15) is 0 Å². The Morgan fingerprint density at radius 3 is 2.55 bits per heavy atom. The van der Waals surface area contributed by atoms with Crippen LogP contribution in [0, 0.1) is 5.82 Å². The summed E-state index contributed by atoms with van der Waals surface area (Å²) in [7, 11) is 1.69. The maximum atomic E-state index is 14.7. The summed E-state index contributed by atoms with van der Waals surface area (Å²) in [4.78, 5) is 33.1. The monoisotopic (exact) mass is 489 g/mol. The van der Waals surface area contributed by atoms with Crippen LogP contribution in [0.1, 0.15) is 12.6 Å². The fourth-order valence-electron chi connectivity index (χ4n) is 3.40. The number of anilines is 4. The molecule has 7 nitrogen and oxygen atoms in total. The van der Waals surface area contributed by atoms with E-state index in [-0.39, 0.29) is 30.5 Å². The number of aromatic nitrogens is 1. The molecule has 0 saturated heterocycles. The summed E-state index contributed by atoms with van der Waals surface area (Å²) in [5.74, 6) is -0.485. The Bertz CT molecular complexity index is 1180. The lowest BCUT2D eigenvalue weighted by atomic mass is 10.1. The quantitative estimate of drug-likeness (QED) is 0.521. The van der Waals surface area contributed by atoms with Crippen molar-refractivity contribution in [1.82, 2.24) is 10.3 Å². The van der Waals surface area contributed by atoms with Crippen LogP contribution in [0.15, 0.2) is 60.7 Å². The van der Waals surface area contributed by atoms with Gasteiger partial charge in [-0.25, -0.2) is 14.2 Å². The Labute approximate surface area is 202 Å². The average molecular weight is 490 g/mol. The van der Waals surface area contributed by atoms with Gasteiger partial charge in [0.15, 0.2) is 0 Å². The number of fused-ring (bicyclic) bond motifs is 1. The summed E-state index contributed by atoms with van der Waals surface area (Å²) in [6.45, 7) is 1.74. The fraction of sp³-hybridized carbons (Fsp3) is 0.174. The van der Waals surface area contributed by atoms with E-state index in [4.69, 9.17) is 11.6 Å². The molecular weight excluding hydrogens is 468 g/mol. The number of rotatable bonds is 5. The largest absolute Gasteiger partial charge is 0.334 e. The van der Waals surface area contributed by atoms with Crippen molar-refractivity contribution >= 4 is 58.8 Å². The number of hydrogen-bond acceptors (Lipinski definition) is 4. The highest BCUT2D eigenvalue weighted by Gasteiger charge is 2.35. The highest BCUT2D eigenvalue weighted by Crippen LogP contribution is 2.38. The van der Waals surface area contributed by atoms with Crippen LogP contribution in [0.5, 0.6) is 0 Å². The van der Waals surface area contributed by atoms with Crippen LogP contribution in [-0.4, -0.2) is 30.0 Å². The number of nitrogens with zero attached hydrogens (tertiary/aromatic N) is 3. The van der Waals surface area contributed by atoms with Gasteiger partial charge in [0.25, 0.3) is 0 Å². The van der Waals surface area contributed by atoms with Crippen LogP contribution >= 0.6 is 24.0 Å². The van der Waals surface area contributed by atoms with E-state index in [0.717, 1.165) is 0 Å². The lowest BCUT2D eigenvalue weighted by Crippen LogP contribution is -2.45. The lowest BCUT2D eigenvalue weighted by Gasteiger charge is -2.36. The third-order valence-electron chi connectivity index (χ3n) is 5.21. The number of carbonyl (C=O) groups is 2. The fourth-order valence-corrected chi connectivity index (χ4v) is 3.56. The van der Waals surface area contributed by atoms with Crippen molar-refractivity contribution in [3.05, 3.63) is 77.2 Å². The second-order valence-corrected chi connectivity index (χ2v) is 7.73. The number of hydrogen-bond donors (Lipinski definition) is 2. The summed E-state index contributed by atoms with van der Waals surface area (Å²) in [5.41, 5.74) is 1.71. The minimum Gasteiger partial charge on any atom is -0.309 e. The molecular formula is C23H22Cl2FN5O2. The summed E-state index contributed by atoms with van der Waals surface area (Å²) < 4.78 is 14.7. The molecule has 3 aromatic rings. The van der Waals surface area contributed by atoms with Crippen LogP contribution < -0.4 is 20.4 Å². The number of benzene rings is 2. The SMILES string of the molecule is CN[C@@H](C)C(=O)Nc1ccc2c(n1)CN(c1cc(Cl)ccc1F)C(=O)N2c1ccccc1.Cl. The van der Waals surface area contributed by atoms with Crippen LogP contribution in [0.25, 0.3) is 0 Å². The summed E-state index contributed by atoms with van der Waals surface area (Å²) >= 11 is 6.08. The molecule has 0 aliphatic carbocycles. The van der Waals surface area contributed by atoms with Gasteiger partial charge in [0, 0.05) is 5.02 Å². The Morgan fingerprint density at radius 2 is 1.85 bits per heavy atom. The molecule has 4 rings (SSSR count). The maximum absolute atomic E-state index is 14.7. The van der Waals surface area contributed by atoms with Crippen LogP contribution in [0.2, 0.25) is 5.02 Å².